The highest BCUT2D eigenvalue weighted by atomic mass is 79.9. The fraction of sp³-hybridized carbons (Fsp3) is 0.188. The van der Waals surface area contributed by atoms with Crippen LogP contribution in [0.4, 0.5) is 5.69 Å². The molecule has 9 heteroatoms. The van der Waals surface area contributed by atoms with E-state index in [1.54, 1.807) is 21.8 Å². The largest absolute Gasteiger partial charge is 0.471 e. The number of hydrogen-bond donors (Lipinski definition) is 1. The quantitative estimate of drug-likeness (QED) is 0.653. The SMILES string of the molecule is CCn1cc(Cl)c(C(=O)Nc2cnn(COc3ccc(Br)cc3)c2)n1. The van der Waals surface area contributed by atoms with E-state index in [0.29, 0.717) is 17.3 Å². The Kier molecular flexibility index (Phi) is 5.40. The van der Waals surface area contributed by atoms with E-state index in [4.69, 9.17) is 16.3 Å². The molecule has 0 radical (unpaired) electrons. The van der Waals surface area contributed by atoms with Crippen LogP contribution in [0.15, 0.2) is 47.3 Å². The molecule has 3 aromatic rings. The molecule has 25 heavy (non-hydrogen) atoms. The normalized spacial score (nSPS) is 10.7. The van der Waals surface area contributed by atoms with Crippen molar-refractivity contribution in [3.8, 4) is 5.75 Å². The second-order valence-electron chi connectivity index (χ2n) is 5.13. The van der Waals surface area contributed by atoms with E-state index < -0.39 is 0 Å². The van der Waals surface area contributed by atoms with Gasteiger partial charge in [-0.15, -0.1) is 0 Å². The molecular weight excluding hydrogens is 410 g/mol. The van der Waals surface area contributed by atoms with Gasteiger partial charge in [-0.3, -0.25) is 9.48 Å². The third kappa shape index (κ3) is 4.40. The van der Waals surface area contributed by atoms with E-state index in [2.05, 4.69) is 31.4 Å². The van der Waals surface area contributed by atoms with Crippen molar-refractivity contribution in [1.29, 1.82) is 0 Å². The Balaban J connectivity index is 1.60. The summed E-state index contributed by atoms with van der Waals surface area (Å²) in [7, 11) is 0. The van der Waals surface area contributed by atoms with Gasteiger partial charge in [0.25, 0.3) is 5.91 Å². The smallest absolute Gasteiger partial charge is 0.277 e. The number of aromatic nitrogens is 4. The summed E-state index contributed by atoms with van der Waals surface area (Å²) in [6.45, 7) is 2.78. The summed E-state index contributed by atoms with van der Waals surface area (Å²) in [5, 5.41) is 11.3. The number of halogens is 2. The fourth-order valence-electron chi connectivity index (χ4n) is 2.07. The van der Waals surface area contributed by atoms with Gasteiger partial charge >= 0.3 is 0 Å². The average molecular weight is 425 g/mol. The first-order valence-electron chi connectivity index (χ1n) is 7.50. The standard InChI is InChI=1S/C16H15BrClN5O2/c1-2-22-9-14(18)15(21-22)16(24)20-12-7-19-23(8-12)10-25-13-5-3-11(17)4-6-13/h3-9H,2,10H2,1H3,(H,20,24). The van der Waals surface area contributed by atoms with Gasteiger partial charge in [-0.2, -0.15) is 10.2 Å². The summed E-state index contributed by atoms with van der Waals surface area (Å²) >= 11 is 9.40. The molecule has 7 nitrogen and oxygen atoms in total. The molecule has 130 valence electrons. The molecule has 1 amide bonds. The zero-order chi connectivity index (χ0) is 17.8. The Morgan fingerprint density at radius 1 is 1.28 bits per heavy atom. The summed E-state index contributed by atoms with van der Waals surface area (Å²) < 4.78 is 9.77. The minimum atomic E-state index is -0.384. The molecule has 3 rings (SSSR count). The van der Waals surface area contributed by atoms with E-state index >= 15 is 0 Å². The zero-order valence-electron chi connectivity index (χ0n) is 13.3. The second kappa shape index (κ2) is 7.71. The topological polar surface area (TPSA) is 74.0 Å². The molecule has 0 atom stereocenters. The molecule has 2 heterocycles. The van der Waals surface area contributed by atoms with Gasteiger partial charge in [0.1, 0.15) is 5.75 Å². The van der Waals surface area contributed by atoms with E-state index in [-0.39, 0.29) is 18.3 Å². The first-order valence-corrected chi connectivity index (χ1v) is 8.67. The number of nitrogens with one attached hydrogen (secondary N) is 1. The third-order valence-corrected chi connectivity index (χ3v) is 4.13. The summed E-state index contributed by atoms with van der Waals surface area (Å²) in [5.74, 6) is 0.340. The molecule has 0 fully saturated rings. The van der Waals surface area contributed by atoms with Crippen LogP contribution in [0.1, 0.15) is 17.4 Å². The Labute approximate surface area is 157 Å². The van der Waals surface area contributed by atoms with E-state index in [1.807, 2.05) is 31.2 Å². The van der Waals surface area contributed by atoms with Crippen LogP contribution in [0.3, 0.4) is 0 Å². The van der Waals surface area contributed by atoms with Gasteiger partial charge in [0.2, 0.25) is 0 Å². The number of benzene rings is 1. The van der Waals surface area contributed by atoms with Crippen LogP contribution < -0.4 is 10.1 Å². The number of carbonyl (C=O) groups excluding carboxylic acids is 1. The maximum absolute atomic E-state index is 12.2. The third-order valence-electron chi connectivity index (χ3n) is 3.32. The van der Waals surface area contributed by atoms with Gasteiger partial charge in [0, 0.05) is 17.2 Å². The highest BCUT2D eigenvalue weighted by Crippen LogP contribution is 2.18. The zero-order valence-corrected chi connectivity index (χ0v) is 15.7. The van der Waals surface area contributed by atoms with Crippen LogP contribution in [0, 0.1) is 0 Å². The molecule has 1 N–H and O–H groups in total. The molecular formula is C16H15BrClN5O2. The molecule has 0 spiro atoms. The van der Waals surface area contributed by atoms with Gasteiger partial charge in [-0.1, -0.05) is 27.5 Å². The first-order chi connectivity index (χ1) is 12.0. The van der Waals surface area contributed by atoms with E-state index in [1.165, 1.54) is 6.20 Å². The Morgan fingerprint density at radius 3 is 2.72 bits per heavy atom. The lowest BCUT2D eigenvalue weighted by Gasteiger charge is -2.05. The minimum absolute atomic E-state index is 0.183. The van der Waals surface area contributed by atoms with Gasteiger partial charge in [-0.25, -0.2) is 4.68 Å². The number of rotatable bonds is 6. The lowest BCUT2D eigenvalue weighted by Crippen LogP contribution is -2.13. The predicted octanol–water partition coefficient (Wildman–Crippen LogP) is 3.80. The number of aryl methyl sites for hydroxylation is 1. The molecule has 0 unspecified atom stereocenters. The lowest BCUT2D eigenvalue weighted by molar-refractivity contribution is 0.102. The van der Waals surface area contributed by atoms with Crippen LogP contribution in [0.2, 0.25) is 5.02 Å². The predicted molar refractivity (Wildman–Crippen MR) is 97.9 cm³/mol. The summed E-state index contributed by atoms with van der Waals surface area (Å²) in [6.07, 6.45) is 4.82. The highest BCUT2D eigenvalue weighted by molar-refractivity contribution is 9.10. The van der Waals surface area contributed by atoms with Crippen molar-refractivity contribution >= 4 is 39.1 Å². The van der Waals surface area contributed by atoms with Crippen molar-refractivity contribution in [2.75, 3.05) is 5.32 Å². The second-order valence-corrected chi connectivity index (χ2v) is 6.45. The number of amides is 1. The van der Waals surface area contributed by atoms with Crippen molar-refractivity contribution in [1.82, 2.24) is 19.6 Å². The van der Waals surface area contributed by atoms with Crippen LogP contribution >= 0.6 is 27.5 Å². The van der Waals surface area contributed by atoms with Crippen molar-refractivity contribution in [2.45, 2.75) is 20.2 Å². The average Bonchev–Trinajstić information content (AvgIpc) is 3.20. The number of hydrogen-bond acceptors (Lipinski definition) is 4. The van der Waals surface area contributed by atoms with Crippen molar-refractivity contribution < 1.29 is 9.53 Å². The minimum Gasteiger partial charge on any atom is -0.471 e. The molecule has 1 aromatic carbocycles. The maximum Gasteiger partial charge on any atom is 0.277 e. The van der Waals surface area contributed by atoms with Gasteiger partial charge in [-0.05, 0) is 31.2 Å². The van der Waals surface area contributed by atoms with Crippen LogP contribution in [0.25, 0.3) is 0 Å². The van der Waals surface area contributed by atoms with Gasteiger partial charge < -0.3 is 10.1 Å². The lowest BCUT2D eigenvalue weighted by atomic mass is 10.3. The van der Waals surface area contributed by atoms with E-state index in [0.717, 1.165) is 10.2 Å². The summed E-state index contributed by atoms with van der Waals surface area (Å²) in [5.41, 5.74) is 0.717. The first kappa shape index (κ1) is 17.5. The number of ether oxygens (including phenoxy) is 1. The van der Waals surface area contributed by atoms with Crippen molar-refractivity contribution in [3.05, 3.63) is 58.0 Å². The molecule has 2 aromatic heterocycles. The number of nitrogens with zero attached hydrogens (tertiary/aromatic N) is 4. The van der Waals surface area contributed by atoms with Crippen molar-refractivity contribution in [2.24, 2.45) is 0 Å². The fourth-order valence-corrected chi connectivity index (χ4v) is 2.57. The molecule has 0 saturated heterocycles. The van der Waals surface area contributed by atoms with Crippen LogP contribution in [-0.2, 0) is 13.3 Å². The molecule has 0 aliphatic heterocycles. The summed E-state index contributed by atoms with van der Waals surface area (Å²) in [6, 6.07) is 7.48. The Hall–Kier alpha value is -2.32. The monoisotopic (exact) mass is 423 g/mol. The Bertz CT molecular complexity index is 875. The molecule has 0 aliphatic rings. The van der Waals surface area contributed by atoms with Gasteiger partial charge in [0.15, 0.2) is 12.4 Å². The maximum atomic E-state index is 12.2. The Morgan fingerprint density at radius 2 is 2.04 bits per heavy atom. The van der Waals surface area contributed by atoms with Crippen molar-refractivity contribution in [3.63, 3.8) is 0 Å². The van der Waals surface area contributed by atoms with Crippen LogP contribution in [0.5, 0.6) is 5.75 Å². The number of anilines is 1. The highest BCUT2D eigenvalue weighted by Gasteiger charge is 2.16. The van der Waals surface area contributed by atoms with E-state index in [9.17, 15) is 4.79 Å². The van der Waals surface area contributed by atoms with Crippen LogP contribution in [-0.4, -0.2) is 25.5 Å². The molecule has 0 aliphatic carbocycles. The molecule has 0 bridgehead atoms. The number of carbonyl (C=O) groups is 1. The molecule has 0 saturated carbocycles. The summed E-state index contributed by atoms with van der Waals surface area (Å²) in [4.78, 5) is 12.2. The van der Waals surface area contributed by atoms with Gasteiger partial charge in [0.05, 0.1) is 23.1 Å².